The van der Waals surface area contributed by atoms with E-state index in [4.69, 9.17) is 9.47 Å². The van der Waals surface area contributed by atoms with Crippen LogP contribution in [0.4, 0.5) is 4.79 Å². The third-order valence-electron chi connectivity index (χ3n) is 3.58. The molecule has 1 aliphatic rings. The van der Waals surface area contributed by atoms with Crippen LogP contribution < -0.4 is 4.74 Å². The SMILES string of the molecule is C=CCc1ccccc1O[C@@H]1C[C@@H](C)N(C(=O)OC)C1. The summed E-state index contributed by atoms with van der Waals surface area (Å²) in [5.74, 6) is 0.872. The highest BCUT2D eigenvalue weighted by Crippen LogP contribution is 2.26. The number of hydrogen-bond acceptors (Lipinski definition) is 3. The van der Waals surface area contributed by atoms with E-state index in [-0.39, 0.29) is 18.2 Å². The normalized spacial score (nSPS) is 21.6. The number of ether oxygens (including phenoxy) is 2. The van der Waals surface area contributed by atoms with Gasteiger partial charge in [-0.05, 0) is 25.0 Å². The number of nitrogens with zero attached hydrogens (tertiary/aromatic N) is 1. The van der Waals surface area contributed by atoms with Crippen LogP contribution in [0, 0.1) is 0 Å². The number of rotatable bonds is 4. The molecule has 0 unspecified atom stereocenters. The van der Waals surface area contributed by atoms with E-state index >= 15 is 0 Å². The van der Waals surface area contributed by atoms with Gasteiger partial charge in [0.2, 0.25) is 0 Å². The van der Waals surface area contributed by atoms with Gasteiger partial charge in [0.15, 0.2) is 0 Å². The maximum atomic E-state index is 11.6. The van der Waals surface area contributed by atoms with Gasteiger partial charge in [-0.3, -0.25) is 0 Å². The largest absolute Gasteiger partial charge is 0.488 e. The molecule has 108 valence electrons. The molecule has 1 heterocycles. The molecule has 0 radical (unpaired) electrons. The molecule has 4 nitrogen and oxygen atoms in total. The lowest BCUT2D eigenvalue weighted by Gasteiger charge is -2.19. The van der Waals surface area contributed by atoms with Crippen LogP contribution in [0.2, 0.25) is 0 Å². The van der Waals surface area contributed by atoms with E-state index in [1.54, 1.807) is 4.90 Å². The van der Waals surface area contributed by atoms with Crippen LogP contribution in [-0.2, 0) is 11.2 Å². The highest BCUT2D eigenvalue weighted by Gasteiger charge is 2.34. The molecule has 0 saturated carbocycles. The molecule has 2 atom stereocenters. The highest BCUT2D eigenvalue weighted by molar-refractivity contribution is 5.68. The summed E-state index contributed by atoms with van der Waals surface area (Å²) in [4.78, 5) is 13.3. The summed E-state index contributed by atoms with van der Waals surface area (Å²) in [7, 11) is 1.41. The average Bonchev–Trinajstić information content (AvgIpc) is 2.81. The standard InChI is InChI=1S/C16H21NO3/c1-4-7-13-8-5-6-9-15(13)20-14-10-12(2)17(11-14)16(18)19-3/h4-6,8-9,12,14H,1,7,10-11H2,2-3H3/t12-,14-/m1/s1. The molecular formula is C16H21NO3. The zero-order valence-corrected chi connectivity index (χ0v) is 12.0. The van der Waals surface area contributed by atoms with Gasteiger partial charge in [-0.2, -0.15) is 0 Å². The van der Waals surface area contributed by atoms with Crippen LogP contribution >= 0.6 is 0 Å². The van der Waals surface area contributed by atoms with Crippen molar-refractivity contribution in [1.29, 1.82) is 0 Å². The third kappa shape index (κ3) is 3.13. The van der Waals surface area contributed by atoms with Crippen LogP contribution in [-0.4, -0.2) is 36.8 Å². The molecule has 0 aliphatic carbocycles. The van der Waals surface area contributed by atoms with Crippen LogP contribution in [0.5, 0.6) is 5.75 Å². The topological polar surface area (TPSA) is 38.8 Å². The number of carbonyl (C=O) groups excluding carboxylic acids is 1. The number of carbonyl (C=O) groups is 1. The minimum absolute atomic E-state index is 0.00932. The summed E-state index contributed by atoms with van der Waals surface area (Å²) in [5, 5.41) is 0. The van der Waals surface area contributed by atoms with Crippen molar-refractivity contribution in [1.82, 2.24) is 4.90 Å². The van der Waals surface area contributed by atoms with Gasteiger partial charge in [0, 0.05) is 12.5 Å². The second-order valence-corrected chi connectivity index (χ2v) is 5.05. The van der Waals surface area contributed by atoms with Crippen molar-refractivity contribution in [3.63, 3.8) is 0 Å². The van der Waals surface area contributed by atoms with Crippen molar-refractivity contribution >= 4 is 6.09 Å². The number of benzene rings is 1. The number of methoxy groups -OCH3 is 1. The Kier molecular flexibility index (Phi) is 4.66. The van der Waals surface area contributed by atoms with Crippen LogP contribution in [0.15, 0.2) is 36.9 Å². The maximum Gasteiger partial charge on any atom is 0.409 e. The Labute approximate surface area is 120 Å². The molecule has 1 aliphatic heterocycles. The summed E-state index contributed by atoms with van der Waals surface area (Å²) in [6, 6.07) is 8.08. The Morgan fingerprint density at radius 3 is 2.95 bits per heavy atom. The van der Waals surface area contributed by atoms with E-state index in [1.807, 2.05) is 37.3 Å². The molecule has 0 spiro atoms. The molecule has 1 amide bonds. The zero-order valence-electron chi connectivity index (χ0n) is 12.0. The zero-order chi connectivity index (χ0) is 14.5. The average molecular weight is 275 g/mol. The molecule has 1 saturated heterocycles. The van der Waals surface area contributed by atoms with Crippen molar-refractivity contribution in [3.05, 3.63) is 42.5 Å². The number of para-hydroxylation sites is 1. The van der Waals surface area contributed by atoms with Crippen LogP contribution in [0.3, 0.4) is 0 Å². The minimum atomic E-state index is -0.289. The van der Waals surface area contributed by atoms with E-state index in [9.17, 15) is 4.79 Å². The van der Waals surface area contributed by atoms with E-state index in [0.29, 0.717) is 6.54 Å². The van der Waals surface area contributed by atoms with E-state index in [1.165, 1.54) is 7.11 Å². The van der Waals surface area contributed by atoms with Crippen molar-refractivity contribution in [2.24, 2.45) is 0 Å². The van der Waals surface area contributed by atoms with Gasteiger partial charge < -0.3 is 14.4 Å². The van der Waals surface area contributed by atoms with Crippen molar-refractivity contribution in [2.75, 3.05) is 13.7 Å². The lowest BCUT2D eigenvalue weighted by molar-refractivity contribution is 0.116. The first-order valence-electron chi connectivity index (χ1n) is 6.85. The van der Waals surface area contributed by atoms with Gasteiger partial charge in [0.1, 0.15) is 11.9 Å². The molecule has 1 aromatic rings. The first-order chi connectivity index (χ1) is 9.65. The molecule has 4 heteroatoms. The van der Waals surface area contributed by atoms with Gasteiger partial charge >= 0.3 is 6.09 Å². The second-order valence-electron chi connectivity index (χ2n) is 5.05. The van der Waals surface area contributed by atoms with Gasteiger partial charge in [-0.1, -0.05) is 24.3 Å². The minimum Gasteiger partial charge on any atom is -0.488 e. The van der Waals surface area contributed by atoms with Crippen molar-refractivity contribution in [3.8, 4) is 5.75 Å². The smallest absolute Gasteiger partial charge is 0.409 e. The van der Waals surface area contributed by atoms with Crippen molar-refractivity contribution < 1.29 is 14.3 Å². The Morgan fingerprint density at radius 1 is 1.50 bits per heavy atom. The molecular weight excluding hydrogens is 254 g/mol. The molecule has 0 aromatic heterocycles. The maximum absolute atomic E-state index is 11.6. The molecule has 1 aromatic carbocycles. The second kappa shape index (κ2) is 6.46. The van der Waals surface area contributed by atoms with Crippen LogP contribution in [0.25, 0.3) is 0 Å². The summed E-state index contributed by atoms with van der Waals surface area (Å²) >= 11 is 0. The predicted molar refractivity (Wildman–Crippen MR) is 77.9 cm³/mol. The quantitative estimate of drug-likeness (QED) is 0.793. The molecule has 0 N–H and O–H groups in total. The fraction of sp³-hybridized carbons (Fsp3) is 0.438. The fourth-order valence-electron chi connectivity index (χ4n) is 2.56. The molecule has 2 rings (SSSR count). The third-order valence-corrected chi connectivity index (χ3v) is 3.58. The predicted octanol–water partition coefficient (Wildman–Crippen LogP) is 3.02. The first kappa shape index (κ1) is 14.4. The Hall–Kier alpha value is -1.97. The Bertz CT molecular complexity index is 486. The van der Waals surface area contributed by atoms with Gasteiger partial charge in [-0.15, -0.1) is 6.58 Å². The number of likely N-dealkylation sites (tertiary alicyclic amines) is 1. The Balaban J connectivity index is 2.05. The number of hydrogen-bond donors (Lipinski definition) is 0. The first-order valence-corrected chi connectivity index (χ1v) is 6.85. The summed E-state index contributed by atoms with van der Waals surface area (Å²) in [6.07, 6.45) is 3.18. The Morgan fingerprint density at radius 2 is 2.25 bits per heavy atom. The van der Waals surface area contributed by atoms with E-state index in [2.05, 4.69) is 6.58 Å². The van der Waals surface area contributed by atoms with E-state index < -0.39 is 0 Å². The highest BCUT2D eigenvalue weighted by atomic mass is 16.5. The number of amides is 1. The van der Waals surface area contributed by atoms with Gasteiger partial charge in [0.25, 0.3) is 0 Å². The van der Waals surface area contributed by atoms with Crippen LogP contribution in [0.1, 0.15) is 18.9 Å². The monoisotopic (exact) mass is 275 g/mol. The summed E-state index contributed by atoms with van der Waals surface area (Å²) in [6.45, 7) is 6.34. The summed E-state index contributed by atoms with van der Waals surface area (Å²) in [5.41, 5.74) is 1.12. The van der Waals surface area contributed by atoms with E-state index in [0.717, 1.165) is 24.2 Å². The molecule has 0 bridgehead atoms. The summed E-state index contributed by atoms with van der Waals surface area (Å²) < 4.78 is 10.8. The fourth-order valence-corrected chi connectivity index (χ4v) is 2.56. The lowest BCUT2D eigenvalue weighted by Crippen LogP contribution is -2.34. The number of allylic oxidation sites excluding steroid dienone is 1. The molecule has 1 fully saturated rings. The van der Waals surface area contributed by atoms with Gasteiger partial charge in [0.05, 0.1) is 13.7 Å². The lowest BCUT2D eigenvalue weighted by atomic mass is 10.1. The molecule has 20 heavy (non-hydrogen) atoms. The van der Waals surface area contributed by atoms with Gasteiger partial charge in [-0.25, -0.2) is 4.79 Å². The van der Waals surface area contributed by atoms with Crippen molar-refractivity contribution in [2.45, 2.75) is 31.9 Å².